The van der Waals surface area contributed by atoms with Gasteiger partial charge in [-0.25, -0.2) is 0 Å². The summed E-state index contributed by atoms with van der Waals surface area (Å²) in [7, 11) is 4.04. The van der Waals surface area contributed by atoms with Crippen molar-refractivity contribution in [3.63, 3.8) is 0 Å². The molecule has 3 aromatic rings. The molecule has 0 unspecified atom stereocenters. The third kappa shape index (κ3) is 4.80. The van der Waals surface area contributed by atoms with Gasteiger partial charge >= 0.3 is 0 Å². The number of hydrogen-bond donors (Lipinski definition) is 1. The van der Waals surface area contributed by atoms with E-state index in [2.05, 4.69) is 27.3 Å². The summed E-state index contributed by atoms with van der Waals surface area (Å²) in [6.45, 7) is 4.36. The first-order chi connectivity index (χ1) is 13.1. The number of pyridine rings is 1. The van der Waals surface area contributed by atoms with E-state index in [1.807, 2.05) is 59.7 Å². The summed E-state index contributed by atoms with van der Waals surface area (Å²) in [4.78, 5) is 6.87. The lowest BCUT2D eigenvalue weighted by Gasteiger charge is -2.22. The first-order valence-electron chi connectivity index (χ1n) is 9.17. The highest BCUT2D eigenvalue weighted by atomic mass is 35.5. The Morgan fingerprint density at radius 2 is 2.19 bits per heavy atom. The molecule has 0 aliphatic carbocycles. The molecule has 3 aromatic heterocycles. The van der Waals surface area contributed by atoms with Crippen LogP contribution in [-0.2, 0) is 20.0 Å². The van der Waals surface area contributed by atoms with Gasteiger partial charge in [-0.15, -0.1) is 10.2 Å². The van der Waals surface area contributed by atoms with Gasteiger partial charge in [-0.3, -0.25) is 9.39 Å². The van der Waals surface area contributed by atoms with E-state index >= 15 is 0 Å². The van der Waals surface area contributed by atoms with E-state index < -0.39 is 0 Å². The van der Waals surface area contributed by atoms with Crippen molar-refractivity contribution < 1.29 is 0 Å². The first-order valence-corrected chi connectivity index (χ1v) is 9.55. The van der Waals surface area contributed by atoms with Gasteiger partial charge in [0.15, 0.2) is 11.6 Å². The monoisotopic (exact) mass is 387 g/mol. The second kappa shape index (κ2) is 8.90. The molecule has 27 heavy (non-hydrogen) atoms. The molecule has 0 spiro atoms. The van der Waals surface area contributed by atoms with Crippen molar-refractivity contribution in [3.05, 3.63) is 53.2 Å². The Bertz CT molecular complexity index is 912. The molecule has 144 valence electrons. The number of fused-ring (bicyclic) bond motifs is 1. The number of aromatic nitrogens is 4. The molecule has 0 saturated carbocycles. The van der Waals surface area contributed by atoms with E-state index in [0.29, 0.717) is 0 Å². The summed E-state index contributed by atoms with van der Waals surface area (Å²) in [5, 5.41) is 12.6. The van der Waals surface area contributed by atoms with Crippen molar-refractivity contribution in [2.45, 2.75) is 26.3 Å². The lowest BCUT2D eigenvalue weighted by molar-refractivity contribution is 0.461. The summed E-state index contributed by atoms with van der Waals surface area (Å²) in [6, 6.07) is 7.91. The van der Waals surface area contributed by atoms with Crippen LogP contribution in [0.2, 0.25) is 5.02 Å². The molecule has 0 fully saturated rings. The van der Waals surface area contributed by atoms with E-state index in [4.69, 9.17) is 16.6 Å². The Balaban J connectivity index is 1.59. The van der Waals surface area contributed by atoms with Gasteiger partial charge in [-0.1, -0.05) is 17.7 Å². The van der Waals surface area contributed by atoms with Crippen LogP contribution in [0.15, 0.2) is 41.7 Å². The van der Waals surface area contributed by atoms with Crippen molar-refractivity contribution in [2.24, 2.45) is 12.0 Å². The van der Waals surface area contributed by atoms with Gasteiger partial charge in [0.25, 0.3) is 0 Å². The summed E-state index contributed by atoms with van der Waals surface area (Å²) < 4.78 is 4.07. The summed E-state index contributed by atoms with van der Waals surface area (Å²) in [5.41, 5.74) is 2.02. The number of aryl methyl sites for hydroxylation is 2. The maximum absolute atomic E-state index is 6.08. The SMILES string of the molecule is CCNC(=NCCCc1nnc2ccccn12)N(C)Cc1cc(Cl)cn1C. The average Bonchev–Trinajstić information content (AvgIpc) is 3.20. The molecule has 0 aromatic carbocycles. The third-order valence-electron chi connectivity index (χ3n) is 4.37. The second-order valence-corrected chi connectivity index (χ2v) is 6.94. The zero-order valence-corrected chi connectivity index (χ0v) is 16.8. The Morgan fingerprint density at radius 3 is 2.93 bits per heavy atom. The maximum Gasteiger partial charge on any atom is 0.194 e. The van der Waals surface area contributed by atoms with E-state index in [9.17, 15) is 0 Å². The fourth-order valence-corrected chi connectivity index (χ4v) is 3.27. The zero-order valence-electron chi connectivity index (χ0n) is 16.1. The van der Waals surface area contributed by atoms with Gasteiger partial charge in [0.05, 0.1) is 11.6 Å². The van der Waals surface area contributed by atoms with Gasteiger partial charge in [-0.05, 0) is 31.5 Å². The van der Waals surface area contributed by atoms with Crippen LogP contribution >= 0.6 is 11.6 Å². The topological polar surface area (TPSA) is 62.8 Å². The summed E-state index contributed by atoms with van der Waals surface area (Å²) in [6.07, 6.45) is 5.66. The number of nitrogens with one attached hydrogen (secondary N) is 1. The molecule has 1 N–H and O–H groups in total. The zero-order chi connectivity index (χ0) is 19.2. The smallest absolute Gasteiger partial charge is 0.194 e. The number of halogens is 1. The van der Waals surface area contributed by atoms with Crippen molar-refractivity contribution in [2.75, 3.05) is 20.1 Å². The highest BCUT2D eigenvalue weighted by Gasteiger charge is 2.10. The Hall–Kier alpha value is -2.54. The normalized spacial score (nSPS) is 11.9. The number of aliphatic imine (C=N–C) groups is 1. The van der Waals surface area contributed by atoms with Crippen molar-refractivity contribution in [1.29, 1.82) is 0 Å². The van der Waals surface area contributed by atoms with Crippen LogP contribution in [0.1, 0.15) is 24.9 Å². The highest BCUT2D eigenvalue weighted by Crippen LogP contribution is 2.14. The highest BCUT2D eigenvalue weighted by molar-refractivity contribution is 6.30. The minimum Gasteiger partial charge on any atom is -0.357 e. The van der Waals surface area contributed by atoms with Gasteiger partial charge in [0.2, 0.25) is 0 Å². The summed E-state index contributed by atoms with van der Waals surface area (Å²) >= 11 is 6.08. The fraction of sp³-hybridized carbons (Fsp3) is 0.421. The van der Waals surface area contributed by atoms with Crippen LogP contribution in [0.25, 0.3) is 5.65 Å². The molecule has 0 aliphatic heterocycles. The molecular formula is C19H26ClN7. The van der Waals surface area contributed by atoms with Crippen LogP contribution in [0.3, 0.4) is 0 Å². The predicted molar refractivity (Wildman–Crippen MR) is 109 cm³/mol. The van der Waals surface area contributed by atoms with Crippen LogP contribution < -0.4 is 5.32 Å². The Morgan fingerprint density at radius 1 is 1.33 bits per heavy atom. The van der Waals surface area contributed by atoms with Crippen LogP contribution in [0.5, 0.6) is 0 Å². The Kier molecular flexibility index (Phi) is 6.34. The molecule has 8 heteroatoms. The third-order valence-corrected chi connectivity index (χ3v) is 4.58. The molecule has 0 saturated heterocycles. The standard InChI is InChI=1S/C19H26ClN7/c1-4-21-19(26(3)14-16-12-15(20)13-25(16)2)22-10-7-9-18-24-23-17-8-5-6-11-27(17)18/h5-6,8,11-13H,4,7,9-10,14H2,1-3H3,(H,21,22). The van der Waals surface area contributed by atoms with Crippen LogP contribution in [-0.4, -0.2) is 50.2 Å². The van der Waals surface area contributed by atoms with E-state index in [-0.39, 0.29) is 0 Å². The molecule has 0 amide bonds. The maximum atomic E-state index is 6.08. The lowest BCUT2D eigenvalue weighted by atomic mass is 10.3. The van der Waals surface area contributed by atoms with Gasteiger partial charge in [-0.2, -0.15) is 0 Å². The van der Waals surface area contributed by atoms with Crippen LogP contribution in [0, 0.1) is 0 Å². The van der Waals surface area contributed by atoms with Crippen molar-refractivity contribution in [1.82, 2.24) is 29.4 Å². The molecular weight excluding hydrogens is 362 g/mol. The summed E-state index contributed by atoms with van der Waals surface area (Å²) in [5.74, 6) is 1.86. The molecule has 0 atom stereocenters. The number of hydrogen-bond acceptors (Lipinski definition) is 3. The molecule has 3 rings (SSSR count). The first kappa shape index (κ1) is 19.2. The lowest BCUT2D eigenvalue weighted by Crippen LogP contribution is -2.38. The van der Waals surface area contributed by atoms with E-state index in [0.717, 1.165) is 60.6 Å². The minimum absolute atomic E-state index is 0.725. The molecule has 3 heterocycles. The average molecular weight is 388 g/mol. The molecule has 0 bridgehead atoms. The number of guanidine groups is 1. The van der Waals surface area contributed by atoms with Gasteiger partial charge in [0, 0.05) is 51.7 Å². The van der Waals surface area contributed by atoms with E-state index in [1.165, 1.54) is 0 Å². The number of rotatable bonds is 7. The predicted octanol–water partition coefficient (Wildman–Crippen LogP) is 2.75. The number of nitrogens with zero attached hydrogens (tertiary/aromatic N) is 6. The van der Waals surface area contributed by atoms with Crippen molar-refractivity contribution in [3.8, 4) is 0 Å². The Labute approximate surface area is 164 Å². The largest absolute Gasteiger partial charge is 0.357 e. The van der Waals surface area contributed by atoms with Crippen LogP contribution in [0.4, 0.5) is 0 Å². The van der Waals surface area contributed by atoms with Crippen molar-refractivity contribution >= 4 is 23.2 Å². The van der Waals surface area contributed by atoms with Gasteiger partial charge in [0.1, 0.15) is 5.82 Å². The molecule has 0 aliphatic rings. The minimum atomic E-state index is 0.725. The molecule has 0 radical (unpaired) electrons. The quantitative estimate of drug-likeness (QED) is 0.384. The van der Waals surface area contributed by atoms with E-state index in [1.54, 1.807) is 0 Å². The molecule has 7 nitrogen and oxygen atoms in total. The second-order valence-electron chi connectivity index (χ2n) is 6.50. The van der Waals surface area contributed by atoms with Gasteiger partial charge < -0.3 is 14.8 Å². The fourth-order valence-electron chi connectivity index (χ4n) is 2.99.